The molecule has 2 fully saturated rings. The van der Waals surface area contributed by atoms with E-state index in [9.17, 15) is 10.1 Å². The molecule has 3 aromatic rings. The standard InChI is InChI=1S/C24H26N4O2/c1-23(2)12-18-13-24(3,14-23)15-27(18)22-19-6-4-5-7-20(19)25-21(26-22)16-8-10-17(11-9-16)28(29)30/h4-11,18H,12-15H2,1-3H3/p+1. The van der Waals surface area contributed by atoms with E-state index in [1.807, 2.05) is 18.2 Å². The second kappa shape index (κ2) is 6.57. The molecule has 3 unspecified atom stereocenters. The summed E-state index contributed by atoms with van der Waals surface area (Å²) >= 11 is 0. The molecule has 6 nitrogen and oxygen atoms in total. The average molecular weight is 404 g/mol. The van der Waals surface area contributed by atoms with Gasteiger partial charge in [0, 0.05) is 36.0 Å². The minimum Gasteiger partial charge on any atom is -0.282 e. The highest BCUT2D eigenvalue weighted by Crippen LogP contribution is 2.48. The van der Waals surface area contributed by atoms with E-state index in [-0.39, 0.29) is 10.6 Å². The summed E-state index contributed by atoms with van der Waals surface area (Å²) < 4.78 is 0. The van der Waals surface area contributed by atoms with Gasteiger partial charge < -0.3 is 0 Å². The molecule has 154 valence electrons. The van der Waals surface area contributed by atoms with Crippen LogP contribution in [0, 0.1) is 20.9 Å². The lowest BCUT2D eigenvalue weighted by molar-refractivity contribution is -0.849. The first-order valence-electron chi connectivity index (χ1n) is 10.6. The monoisotopic (exact) mass is 403 g/mol. The Morgan fingerprint density at radius 2 is 1.77 bits per heavy atom. The molecule has 30 heavy (non-hydrogen) atoms. The highest BCUT2D eigenvalue weighted by atomic mass is 16.6. The topological polar surface area (TPSA) is 73.4 Å². The van der Waals surface area contributed by atoms with Gasteiger partial charge in [0.25, 0.3) is 5.69 Å². The van der Waals surface area contributed by atoms with E-state index in [0.29, 0.717) is 22.7 Å². The molecule has 1 aliphatic heterocycles. The van der Waals surface area contributed by atoms with Crippen molar-refractivity contribution in [2.45, 2.75) is 46.1 Å². The highest BCUT2D eigenvalue weighted by Gasteiger charge is 2.54. The largest absolute Gasteiger partial charge is 0.282 e. The molecule has 1 saturated heterocycles. The summed E-state index contributed by atoms with van der Waals surface area (Å²) in [7, 11) is 0. The number of aromatic nitrogens is 2. The fraction of sp³-hybridized carbons (Fsp3) is 0.417. The van der Waals surface area contributed by atoms with E-state index in [0.717, 1.165) is 28.8 Å². The van der Waals surface area contributed by atoms with Gasteiger partial charge in [0.1, 0.15) is 0 Å². The van der Waals surface area contributed by atoms with Crippen LogP contribution in [-0.4, -0.2) is 27.5 Å². The summed E-state index contributed by atoms with van der Waals surface area (Å²) in [5.74, 6) is 1.71. The van der Waals surface area contributed by atoms with Crippen molar-refractivity contribution in [2.24, 2.45) is 10.8 Å². The molecule has 5 rings (SSSR count). The molecule has 0 amide bonds. The van der Waals surface area contributed by atoms with Crippen molar-refractivity contribution in [3.63, 3.8) is 0 Å². The summed E-state index contributed by atoms with van der Waals surface area (Å²) in [6.45, 7) is 8.29. The summed E-state index contributed by atoms with van der Waals surface area (Å²) in [6.07, 6.45) is 3.68. The number of fused-ring (bicyclic) bond motifs is 3. The molecular weight excluding hydrogens is 376 g/mol. The average Bonchev–Trinajstić information content (AvgIpc) is 2.95. The number of nitro groups is 1. The maximum absolute atomic E-state index is 11.0. The predicted molar refractivity (Wildman–Crippen MR) is 117 cm³/mol. The summed E-state index contributed by atoms with van der Waals surface area (Å²) in [5.41, 5.74) is 2.49. The van der Waals surface area contributed by atoms with E-state index < -0.39 is 0 Å². The van der Waals surface area contributed by atoms with Gasteiger partial charge in [-0.25, -0.2) is 4.98 Å². The molecule has 1 saturated carbocycles. The smallest absolute Gasteiger partial charge is 0.269 e. The van der Waals surface area contributed by atoms with Crippen LogP contribution in [0.1, 0.15) is 40.0 Å². The molecule has 1 aliphatic carbocycles. The van der Waals surface area contributed by atoms with Crippen molar-refractivity contribution in [1.29, 1.82) is 0 Å². The SMILES string of the molecule is CC1(C)CC2CC(C)(C[NH+]2c2nc(-c3ccc([N+](=O)[O-])cc3)nc3ccccc23)C1. The van der Waals surface area contributed by atoms with Crippen LogP contribution in [0.5, 0.6) is 0 Å². The number of nitro benzene ring substituents is 1. The van der Waals surface area contributed by atoms with Crippen LogP contribution in [0.15, 0.2) is 48.5 Å². The molecule has 0 spiro atoms. The fourth-order valence-electron chi connectivity index (χ4n) is 6.08. The van der Waals surface area contributed by atoms with Crippen molar-refractivity contribution in [3.05, 3.63) is 58.6 Å². The normalized spacial score (nSPS) is 27.3. The summed E-state index contributed by atoms with van der Waals surface area (Å²) in [5, 5.41) is 12.1. The molecular formula is C24H27N4O2+. The van der Waals surface area contributed by atoms with Gasteiger partial charge in [0.2, 0.25) is 5.82 Å². The van der Waals surface area contributed by atoms with Gasteiger partial charge in [-0.1, -0.05) is 32.9 Å². The third kappa shape index (κ3) is 3.25. The Hall–Kier alpha value is -2.86. The van der Waals surface area contributed by atoms with E-state index in [4.69, 9.17) is 9.97 Å². The quantitative estimate of drug-likeness (QED) is 0.522. The van der Waals surface area contributed by atoms with Crippen LogP contribution < -0.4 is 4.90 Å². The Kier molecular flexibility index (Phi) is 4.19. The van der Waals surface area contributed by atoms with Gasteiger partial charge in [0.05, 0.1) is 28.4 Å². The van der Waals surface area contributed by atoms with Crippen LogP contribution in [0.4, 0.5) is 11.5 Å². The van der Waals surface area contributed by atoms with Crippen molar-refractivity contribution >= 4 is 22.4 Å². The lowest BCUT2D eigenvalue weighted by Crippen LogP contribution is -3.09. The van der Waals surface area contributed by atoms with Crippen molar-refractivity contribution in [2.75, 3.05) is 6.54 Å². The Morgan fingerprint density at radius 3 is 2.50 bits per heavy atom. The zero-order valence-electron chi connectivity index (χ0n) is 17.7. The van der Waals surface area contributed by atoms with Gasteiger partial charge in [-0.15, -0.1) is 0 Å². The molecule has 2 heterocycles. The number of hydrogen-bond acceptors (Lipinski definition) is 4. The van der Waals surface area contributed by atoms with Crippen molar-refractivity contribution < 1.29 is 9.82 Å². The number of quaternary nitrogens is 1. The number of benzene rings is 2. The Morgan fingerprint density at radius 1 is 1.03 bits per heavy atom. The Labute approximate surface area is 176 Å². The molecule has 3 atom stereocenters. The molecule has 2 bridgehead atoms. The van der Waals surface area contributed by atoms with Gasteiger partial charge in [-0.3, -0.25) is 15.0 Å². The van der Waals surface area contributed by atoms with Crippen LogP contribution in [0.2, 0.25) is 0 Å². The number of rotatable bonds is 3. The molecule has 0 radical (unpaired) electrons. The summed E-state index contributed by atoms with van der Waals surface area (Å²) in [4.78, 5) is 21.9. The Bertz CT molecular complexity index is 1140. The first kappa shape index (κ1) is 19.1. The fourth-order valence-corrected chi connectivity index (χ4v) is 6.08. The third-order valence-corrected chi connectivity index (χ3v) is 6.80. The highest BCUT2D eigenvalue weighted by molar-refractivity contribution is 5.87. The third-order valence-electron chi connectivity index (χ3n) is 6.80. The first-order chi connectivity index (χ1) is 14.2. The number of hydrogen-bond donors (Lipinski definition) is 1. The molecule has 2 aliphatic rings. The molecule has 1 N–H and O–H groups in total. The molecule has 1 aromatic heterocycles. The molecule has 2 aromatic carbocycles. The Balaban J connectivity index is 1.63. The second-order valence-electron chi connectivity index (χ2n) is 10.2. The summed E-state index contributed by atoms with van der Waals surface area (Å²) in [6, 6.07) is 15.3. The van der Waals surface area contributed by atoms with Crippen LogP contribution in [0.25, 0.3) is 22.3 Å². The van der Waals surface area contributed by atoms with Gasteiger partial charge in [-0.05, 0) is 36.1 Å². The minimum atomic E-state index is -0.381. The first-order valence-corrected chi connectivity index (χ1v) is 10.6. The number of nitrogens with one attached hydrogen (secondary N) is 1. The van der Waals surface area contributed by atoms with Gasteiger partial charge in [-0.2, -0.15) is 4.98 Å². The van der Waals surface area contributed by atoms with Crippen LogP contribution in [-0.2, 0) is 0 Å². The van der Waals surface area contributed by atoms with Gasteiger partial charge >= 0.3 is 0 Å². The number of non-ortho nitro benzene ring substituents is 1. The van der Waals surface area contributed by atoms with E-state index in [2.05, 4.69) is 26.8 Å². The minimum absolute atomic E-state index is 0.0777. The maximum Gasteiger partial charge on any atom is 0.269 e. The van der Waals surface area contributed by atoms with E-state index in [1.54, 1.807) is 12.1 Å². The second-order valence-corrected chi connectivity index (χ2v) is 10.2. The lowest BCUT2D eigenvalue weighted by atomic mass is 9.65. The van der Waals surface area contributed by atoms with Crippen LogP contribution in [0.3, 0.4) is 0 Å². The zero-order valence-corrected chi connectivity index (χ0v) is 17.7. The maximum atomic E-state index is 11.0. The van der Waals surface area contributed by atoms with E-state index >= 15 is 0 Å². The zero-order chi connectivity index (χ0) is 21.1. The van der Waals surface area contributed by atoms with Gasteiger partial charge in [0.15, 0.2) is 5.82 Å². The number of para-hydroxylation sites is 1. The number of nitrogens with zero attached hydrogens (tertiary/aromatic N) is 3. The van der Waals surface area contributed by atoms with Crippen molar-refractivity contribution in [1.82, 2.24) is 9.97 Å². The lowest BCUT2D eigenvalue weighted by Gasteiger charge is -2.37. The molecule has 6 heteroatoms. The van der Waals surface area contributed by atoms with Crippen molar-refractivity contribution in [3.8, 4) is 11.4 Å². The predicted octanol–water partition coefficient (Wildman–Crippen LogP) is 4.32. The van der Waals surface area contributed by atoms with Crippen LogP contribution >= 0.6 is 0 Å². The van der Waals surface area contributed by atoms with E-state index in [1.165, 1.54) is 36.3 Å².